The van der Waals surface area contributed by atoms with Crippen LogP contribution < -0.4 is 0 Å². The van der Waals surface area contributed by atoms with Crippen LogP contribution in [0.2, 0.25) is 5.02 Å². The van der Waals surface area contributed by atoms with Crippen LogP contribution in [0.5, 0.6) is 0 Å². The van der Waals surface area contributed by atoms with Crippen LogP contribution in [-0.4, -0.2) is 6.61 Å². The zero-order chi connectivity index (χ0) is 11.4. The molecule has 0 aliphatic heterocycles. The van der Waals surface area contributed by atoms with Crippen LogP contribution in [-0.2, 0) is 4.74 Å². The largest absolute Gasteiger partial charge is 0.494 e. The molecule has 0 unspecified atom stereocenters. The molecular weight excluding hydrogens is 220 g/mol. The summed E-state index contributed by atoms with van der Waals surface area (Å²) in [4.78, 5) is 0. The molecule has 1 aromatic carbocycles. The van der Waals surface area contributed by atoms with Crippen molar-refractivity contribution in [2.45, 2.75) is 13.3 Å². The van der Waals surface area contributed by atoms with E-state index in [9.17, 15) is 0 Å². The summed E-state index contributed by atoms with van der Waals surface area (Å²) < 4.78 is 5.50. The normalized spacial score (nSPS) is 15.4. The van der Waals surface area contributed by atoms with Gasteiger partial charge in [0, 0.05) is 5.02 Å². The SMILES string of the molecule is CCOC1=CC[CH]C(c2cccc(Cl)c2)=C1. The minimum absolute atomic E-state index is 0.700. The monoisotopic (exact) mass is 233 g/mol. The van der Waals surface area contributed by atoms with Gasteiger partial charge in [-0.3, -0.25) is 0 Å². The van der Waals surface area contributed by atoms with Gasteiger partial charge in [-0.1, -0.05) is 23.7 Å². The van der Waals surface area contributed by atoms with E-state index >= 15 is 0 Å². The first kappa shape index (κ1) is 11.3. The van der Waals surface area contributed by atoms with Gasteiger partial charge in [0.2, 0.25) is 0 Å². The summed E-state index contributed by atoms with van der Waals surface area (Å²) in [6.45, 7) is 2.69. The Hall–Kier alpha value is -1.21. The lowest BCUT2D eigenvalue weighted by molar-refractivity contribution is 0.241. The quantitative estimate of drug-likeness (QED) is 0.758. The molecule has 0 spiro atoms. The third-order valence-corrected chi connectivity index (χ3v) is 2.66. The summed E-state index contributed by atoms with van der Waals surface area (Å²) in [6, 6.07) is 7.88. The van der Waals surface area contributed by atoms with E-state index in [1.54, 1.807) is 0 Å². The van der Waals surface area contributed by atoms with E-state index < -0.39 is 0 Å². The highest BCUT2D eigenvalue weighted by atomic mass is 35.5. The number of hydrogen-bond donors (Lipinski definition) is 0. The molecule has 1 aliphatic rings. The van der Waals surface area contributed by atoms with E-state index in [0.29, 0.717) is 6.61 Å². The van der Waals surface area contributed by atoms with Crippen molar-refractivity contribution in [2.75, 3.05) is 6.61 Å². The maximum atomic E-state index is 5.97. The average molecular weight is 234 g/mol. The summed E-state index contributed by atoms with van der Waals surface area (Å²) in [6.07, 6.45) is 7.22. The second-order valence-corrected chi connectivity index (χ2v) is 4.03. The first-order chi connectivity index (χ1) is 7.79. The van der Waals surface area contributed by atoms with E-state index in [-0.39, 0.29) is 0 Å². The van der Waals surface area contributed by atoms with E-state index in [4.69, 9.17) is 16.3 Å². The molecule has 0 saturated carbocycles. The third-order valence-electron chi connectivity index (χ3n) is 2.42. The second kappa shape index (κ2) is 5.22. The van der Waals surface area contributed by atoms with Crippen LogP contribution in [0.3, 0.4) is 0 Å². The Morgan fingerprint density at radius 3 is 3.00 bits per heavy atom. The van der Waals surface area contributed by atoms with Crippen molar-refractivity contribution in [3.05, 3.63) is 59.2 Å². The van der Waals surface area contributed by atoms with E-state index in [0.717, 1.165) is 22.8 Å². The predicted octanol–water partition coefficient (Wildman–Crippen LogP) is 4.25. The van der Waals surface area contributed by atoms with Crippen LogP contribution in [0, 0.1) is 6.42 Å². The molecule has 0 saturated heterocycles. The van der Waals surface area contributed by atoms with Crippen molar-refractivity contribution in [3.8, 4) is 0 Å². The molecule has 0 N–H and O–H groups in total. The minimum Gasteiger partial charge on any atom is -0.494 e. The third kappa shape index (κ3) is 2.67. The van der Waals surface area contributed by atoms with E-state index in [2.05, 4.69) is 24.6 Å². The summed E-state index contributed by atoms with van der Waals surface area (Å²) in [5, 5.41) is 0.763. The van der Waals surface area contributed by atoms with Crippen molar-refractivity contribution in [1.29, 1.82) is 0 Å². The highest BCUT2D eigenvalue weighted by Gasteiger charge is 2.08. The molecule has 1 radical (unpaired) electrons. The van der Waals surface area contributed by atoms with Gasteiger partial charge in [-0.25, -0.2) is 0 Å². The molecular formula is C14H14ClO. The van der Waals surface area contributed by atoms with Gasteiger partial charge in [0.1, 0.15) is 5.76 Å². The molecule has 0 atom stereocenters. The lowest BCUT2D eigenvalue weighted by Crippen LogP contribution is -1.97. The topological polar surface area (TPSA) is 9.23 Å². The van der Waals surface area contributed by atoms with Crippen molar-refractivity contribution < 1.29 is 4.74 Å². The fourth-order valence-electron chi connectivity index (χ4n) is 1.71. The molecule has 0 heterocycles. The fourth-order valence-corrected chi connectivity index (χ4v) is 1.90. The molecule has 2 heteroatoms. The highest BCUT2D eigenvalue weighted by molar-refractivity contribution is 6.30. The first-order valence-electron chi connectivity index (χ1n) is 5.43. The average Bonchev–Trinajstić information content (AvgIpc) is 2.30. The number of hydrogen-bond acceptors (Lipinski definition) is 1. The van der Waals surface area contributed by atoms with Crippen molar-refractivity contribution in [1.82, 2.24) is 0 Å². The lowest BCUT2D eigenvalue weighted by Gasteiger charge is -2.14. The summed E-state index contributed by atoms with van der Waals surface area (Å²) in [5.41, 5.74) is 2.31. The van der Waals surface area contributed by atoms with Gasteiger partial charge in [-0.05, 0) is 55.2 Å². The van der Waals surface area contributed by atoms with Gasteiger partial charge in [-0.15, -0.1) is 0 Å². The van der Waals surface area contributed by atoms with Gasteiger partial charge in [0.15, 0.2) is 0 Å². The van der Waals surface area contributed by atoms with E-state index in [1.165, 1.54) is 5.57 Å². The minimum atomic E-state index is 0.700. The van der Waals surface area contributed by atoms with Gasteiger partial charge in [0.05, 0.1) is 6.61 Å². The van der Waals surface area contributed by atoms with Crippen molar-refractivity contribution in [3.63, 3.8) is 0 Å². The maximum absolute atomic E-state index is 5.97. The molecule has 0 aromatic heterocycles. The maximum Gasteiger partial charge on any atom is 0.115 e. The predicted molar refractivity (Wildman–Crippen MR) is 68.1 cm³/mol. The molecule has 0 fully saturated rings. The molecule has 1 nitrogen and oxygen atoms in total. The van der Waals surface area contributed by atoms with Crippen LogP contribution in [0.4, 0.5) is 0 Å². The van der Waals surface area contributed by atoms with Crippen LogP contribution in [0.15, 0.2) is 42.2 Å². The summed E-state index contributed by atoms with van der Waals surface area (Å²) >= 11 is 5.97. The number of rotatable bonds is 3. The Morgan fingerprint density at radius 1 is 1.38 bits per heavy atom. The van der Waals surface area contributed by atoms with Gasteiger partial charge in [-0.2, -0.15) is 0 Å². The van der Waals surface area contributed by atoms with Crippen molar-refractivity contribution >= 4 is 17.2 Å². The molecule has 0 bridgehead atoms. The standard InChI is InChI=1S/C14H14ClO/c1-2-16-14-8-4-6-12(10-14)11-5-3-7-13(15)9-11/h3,5-10H,2,4H2,1H3. The van der Waals surface area contributed by atoms with Crippen LogP contribution >= 0.6 is 11.6 Å². The lowest BCUT2D eigenvalue weighted by atomic mass is 9.97. The molecule has 1 aromatic rings. The number of halogens is 1. The molecule has 83 valence electrons. The first-order valence-corrected chi connectivity index (χ1v) is 5.81. The van der Waals surface area contributed by atoms with Crippen LogP contribution in [0.25, 0.3) is 5.57 Å². The zero-order valence-corrected chi connectivity index (χ0v) is 10.00. The summed E-state index contributed by atoms with van der Waals surface area (Å²) in [5.74, 6) is 0.944. The Kier molecular flexibility index (Phi) is 3.68. The second-order valence-electron chi connectivity index (χ2n) is 3.59. The highest BCUT2D eigenvalue weighted by Crippen LogP contribution is 2.27. The molecule has 1 aliphatic carbocycles. The Labute approximate surface area is 101 Å². The van der Waals surface area contributed by atoms with Crippen LogP contribution in [0.1, 0.15) is 18.9 Å². The molecule has 16 heavy (non-hydrogen) atoms. The van der Waals surface area contributed by atoms with Gasteiger partial charge < -0.3 is 4.74 Å². The Balaban J connectivity index is 2.24. The smallest absolute Gasteiger partial charge is 0.115 e. The molecule has 0 amide bonds. The van der Waals surface area contributed by atoms with E-state index in [1.807, 2.05) is 25.1 Å². The van der Waals surface area contributed by atoms with Gasteiger partial charge in [0.25, 0.3) is 0 Å². The number of allylic oxidation sites excluding steroid dienone is 3. The molecule has 2 rings (SSSR count). The fraction of sp³-hybridized carbons (Fsp3) is 0.214. The zero-order valence-electron chi connectivity index (χ0n) is 9.24. The van der Waals surface area contributed by atoms with Crippen molar-refractivity contribution in [2.24, 2.45) is 0 Å². The Bertz CT molecular complexity index is 432. The number of ether oxygens (including phenoxy) is 1. The number of benzene rings is 1. The summed E-state index contributed by atoms with van der Waals surface area (Å²) in [7, 11) is 0. The Morgan fingerprint density at radius 2 is 2.25 bits per heavy atom. The van der Waals surface area contributed by atoms with Gasteiger partial charge >= 0.3 is 0 Å².